The number of amides is 1. The number of benzene rings is 2. The number of aliphatic hydroxyl groups is 1. The van der Waals surface area contributed by atoms with Gasteiger partial charge in [-0.2, -0.15) is 0 Å². The van der Waals surface area contributed by atoms with Crippen molar-refractivity contribution in [3.8, 4) is 5.75 Å². The number of fused-ring (bicyclic) bond motifs is 1. The monoisotopic (exact) mass is 454 g/mol. The Kier molecular flexibility index (Phi) is 8.51. The van der Waals surface area contributed by atoms with Crippen molar-refractivity contribution in [3.63, 3.8) is 0 Å². The summed E-state index contributed by atoms with van der Waals surface area (Å²) < 4.78 is 11.7. The molecule has 1 aliphatic heterocycles. The highest BCUT2D eigenvalue weighted by atomic mass is 16.5. The van der Waals surface area contributed by atoms with Gasteiger partial charge in [0.25, 0.3) is 0 Å². The number of hydrogen-bond donors (Lipinski definition) is 3. The van der Waals surface area contributed by atoms with E-state index in [1.165, 1.54) is 5.56 Å². The fraction of sp³-hybridized carbons (Fsp3) is 0.519. The van der Waals surface area contributed by atoms with Crippen LogP contribution in [0.4, 0.5) is 0 Å². The molecule has 33 heavy (non-hydrogen) atoms. The topological polar surface area (TPSA) is 93.8 Å². The van der Waals surface area contributed by atoms with Crippen LogP contribution >= 0.6 is 0 Å². The van der Waals surface area contributed by atoms with E-state index < -0.39 is 23.5 Å². The average molecular weight is 455 g/mol. The molecule has 0 aliphatic carbocycles. The first-order valence-electron chi connectivity index (χ1n) is 11.8. The molecule has 0 spiro atoms. The van der Waals surface area contributed by atoms with E-state index in [2.05, 4.69) is 24.4 Å². The van der Waals surface area contributed by atoms with E-state index in [1.807, 2.05) is 43.3 Å². The summed E-state index contributed by atoms with van der Waals surface area (Å²) in [5.41, 5.74) is 8.57. The Hall–Kier alpha value is -2.41. The molecule has 5 atom stereocenters. The maximum Gasteiger partial charge on any atom is 0.220 e. The van der Waals surface area contributed by atoms with Crippen molar-refractivity contribution in [3.05, 3.63) is 65.2 Å². The molecule has 1 aliphatic rings. The van der Waals surface area contributed by atoms with Crippen LogP contribution in [0, 0.1) is 11.8 Å². The van der Waals surface area contributed by atoms with Crippen LogP contribution in [0.1, 0.15) is 49.9 Å². The van der Waals surface area contributed by atoms with Crippen molar-refractivity contribution >= 4 is 5.91 Å². The number of hydrogen-bond acceptors (Lipinski definition) is 5. The minimum atomic E-state index is -0.734. The van der Waals surface area contributed by atoms with E-state index in [9.17, 15) is 9.90 Å². The second kappa shape index (κ2) is 11.1. The fourth-order valence-corrected chi connectivity index (χ4v) is 4.77. The Bertz CT molecular complexity index is 920. The quantitative estimate of drug-likeness (QED) is 0.484. The van der Waals surface area contributed by atoms with Gasteiger partial charge in [0.05, 0.1) is 12.7 Å². The summed E-state index contributed by atoms with van der Waals surface area (Å²) >= 11 is 0. The molecule has 6 nitrogen and oxygen atoms in total. The van der Waals surface area contributed by atoms with Crippen LogP contribution in [0.2, 0.25) is 0 Å². The molecule has 3 rings (SSSR count). The number of rotatable bonds is 11. The van der Waals surface area contributed by atoms with Gasteiger partial charge in [-0.25, -0.2) is 0 Å². The molecule has 0 bridgehead atoms. The van der Waals surface area contributed by atoms with E-state index in [-0.39, 0.29) is 12.0 Å². The molecule has 0 saturated heterocycles. The molecule has 2 aromatic carbocycles. The van der Waals surface area contributed by atoms with Gasteiger partial charge in [0.1, 0.15) is 11.4 Å². The average Bonchev–Trinajstić information content (AvgIpc) is 2.80. The lowest BCUT2D eigenvalue weighted by molar-refractivity contribution is -0.124. The predicted octanol–water partition coefficient (Wildman–Crippen LogP) is 3.41. The molecule has 0 radical (unpaired) electrons. The maximum absolute atomic E-state index is 12.0. The summed E-state index contributed by atoms with van der Waals surface area (Å²) in [6, 6.07) is 16.2. The van der Waals surface area contributed by atoms with Crippen molar-refractivity contribution in [2.75, 3.05) is 20.3 Å². The van der Waals surface area contributed by atoms with Crippen LogP contribution in [-0.2, 0) is 22.4 Å². The lowest BCUT2D eigenvalue weighted by Crippen LogP contribution is -2.47. The summed E-state index contributed by atoms with van der Waals surface area (Å²) in [5.74, 6) is -0.290. The zero-order chi connectivity index (χ0) is 24.0. The SMILES string of the molecule is CCc1ccc2c(c1)[C@@H](NC[C@H](O)[C@@H](Cc1ccccc1)C(C)C(N)=O)C[C@@](C)(COC)O2. The number of carbonyl (C=O) groups excluding carboxylic acids is 1. The highest BCUT2D eigenvalue weighted by Crippen LogP contribution is 2.40. The Balaban J connectivity index is 1.79. The minimum absolute atomic E-state index is 0.00342. The number of aryl methyl sites for hydroxylation is 1. The molecular weight excluding hydrogens is 416 g/mol. The number of nitrogens with two attached hydrogens (primary N) is 1. The summed E-state index contributed by atoms with van der Waals surface area (Å²) in [6.45, 7) is 6.79. The summed E-state index contributed by atoms with van der Waals surface area (Å²) in [5, 5.41) is 14.7. The molecule has 4 N–H and O–H groups in total. The zero-order valence-electron chi connectivity index (χ0n) is 20.2. The molecule has 0 fully saturated rings. The van der Waals surface area contributed by atoms with Crippen molar-refractivity contribution < 1.29 is 19.4 Å². The molecule has 1 amide bonds. The van der Waals surface area contributed by atoms with E-state index in [1.54, 1.807) is 14.0 Å². The van der Waals surface area contributed by atoms with Gasteiger partial charge < -0.3 is 25.6 Å². The lowest BCUT2D eigenvalue weighted by Gasteiger charge is -2.40. The third-order valence-corrected chi connectivity index (χ3v) is 6.77. The van der Waals surface area contributed by atoms with Gasteiger partial charge in [0, 0.05) is 43.5 Å². The van der Waals surface area contributed by atoms with Crippen molar-refractivity contribution in [1.29, 1.82) is 0 Å². The number of carbonyl (C=O) groups is 1. The standard InChI is InChI=1S/C27H38N2O4/c1-5-19-11-12-25-22(13-19)23(15-27(3,33-25)17-32-4)29-16-24(30)21(18(2)26(28)31)14-20-9-7-6-8-10-20/h6-13,18,21,23-24,29-30H,5,14-17H2,1-4H3,(H2,28,31)/t18?,21-,23-,24-,27-/m0/s1. The van der Waals surface area contributed by atoms with E-state index in [0.717, 1.165) is 23.3 Å². The Morgan fingerprint density at radius 1 is 1.27 bits per heavy atom. The van der Waals surface area contributed by atoms with Crippen LogP contribution in [0.3, 0.4) is 0 Å². The molecule has 180 valence electrons. The maximum atomic E-state index is 12.0. The molecule has 0 saturated carbocycles. The highest BCUT2D eigenvalue weighted by molar-refractivity contribution is 5.76. The second-order valence-electron chi connectivity index (χ2n) is 9.49. The summed E-state index contributed by atoms with van der Waals surface area (Å²) in [4.78, 5) is 12.0. The van der Waals surface area contributed by atoms with Gasteiger partial charge in [-0.3, -0.25) is 4.79 Å². The van der Waals surface area contributed by atoms with Gasteiger partial charge in [-0.15, -0.1) is 0 Å². The van der Waals surface area contributed by atoms with Crippen LogP contribution in [0.5, 0.6) is 5.75 Å². The largest absolute Gasteiger partial charge is 0.485 e. The smallest absolute Gasteiger partial charge is 0.220 e. The first-order valence-corrected chi connectivity index (χ1v) is 11.8. The number of ether oxygens (including phenoxy) is 2. The second-order valence-corrected chi connectivity index (χ2v) is 9.49. The number of aliphatic hydroxyl groups excluding tert-OH is 1. The molecule has 1 heterocycles. The summed E-state index contributed by atoms with van der Waals surface area (Å²) in [7, 11) is 1.68. The minimum Gasteiger partial charge on any atom is -0.485 e. The van der Waals surface area contributed by atoms with Crippen LogP contribution in [0.25, 0.3) is 0 Å². The highest BCUT2D eigenvalue weighted by Gasteiger charge is 2.38. The van der Waals surface area contributed by atoms with Gasteiger partial charge in [-0.05, 0) is 37.0 Å². The van der Waals surface area contributed by atoms with E-state index in [4.69, 9.17) is 15.2 Å². The third kappa shape index (κ3) is 6.34. The number of methoxy groups -OCH3 is 1. The zero-order valence-corrected chi connectivity index (χ0v) is 20.2. The van der Waals surface area contributed by atoms with Gasteiger partial charge in [0.2, 0.25) is 5.91 Å². The summed E-state index contributed by atoms with van der Waals surface area (Å²) in [6.07, 6.45) is 1.50. The van der Waals surface area contributed by atoms with Crippen LogP contribution < -0.4 is 15.8 Å². The lowest BCUT2D eigenvalue weighted by atomic mass is 9.82. The molecule has 6 heteroatoms. The van der Waals surface area contributed by atoms with Crippen LogP contribution in [-0.4, -0.2) is 43.0 Å². The first-order chi connectivity index (χ1) is 15.8. The Labute approximate surface area is 197 Å². The van der Waals surface area contributed by atoms with Gasteiger partial charge in [0.15, 0.2) is 0 Å². The Morgan fingerprint density at radius 2 is 2.00 bits per heavy atom. The fourth-order valence-electron chi connectivity index (χ4n) is 4.77. The first kappa shape index (κ1) is 25.2. The van der Waals surface area contributed by atoms with Crippen molar-refractivity contribution in [1.82, 2.24) is 5.32 Å². The Morgan fingerprint density at radius 3 is 2.64 bits per heavy atom. The third-order valence-electron chi connectivity index (χ3n) is 6.77. The molecule has 1 unspecified atom stereocenters. The van der Waals surface area contributed by atoms with Crippen molar-refractivity contribution in [2.45, 2.75) is 57.8 Å². The van der Waals surface area contributed by atoms with E-state index >= 15 is 0 Å². The molecule has 2 aromatic rings. The van der Waals surface area contributed by atoms with Gasteiger partial charge in [-0.1, -0.05) is 56.3 Å². The molecule has 0 aromatic heterocycles. The molecular formula is C27H38N2O4. The van der Waals surface area contributed by atoms with Crippen LogP contribution in [0.15, 0.2) is 48.5 Å². The predicted molar refractivity (Wildman–Crippen MR) is 130 cm³/mol. The van der Waals surface area contributed by atoms with E-state index in [0.29, 0.717) is 26.0 Å². The van der Waals surface area contributed by atoms with Gasteiger partial charge >= 0.3 is 0 Å². The number of nitrogens with one attached hydrogen (secondary N) is 1. The normalized spacial score (nSPS) is 22.6. The number of primary amides is 1. The van der Waals surface area contributed by atoms with Crippen molar-refractivity contribution in [2.24, 2.45) is 17.6 Å².